The van der Waals surface area contributed by atoms with Crippen LogP contribution in [0.15, 0.2) is 35.1 Å². The third-order valence-corrected chi connectivity index (χ3v) is 6.05. The summed E-state index contributed by atoms with van der Waals surface area (Å²) in [5.41, 5.74) is 0.502. The molecule has 0 radical (unpaired) electrons. The van der Waals surface area contributed by atoms with E-state index < -0.39 is 36.2 Å². The van der Waals surface area contributed by atoms with Gasteiger partial charge >= 0.3 is 0 Å². The van der Waals surface area contributed by atoms with Crippen LogP contribution in [0.1, 0.15) is 29.3 Å². The van der Waals surface area contributed by atoms with Crippen LogP contribution >= 0.6 is 0 Å². The molecule has 166 valence electrons. The zero-order valence-corrected chi connectivity index (χ0v) is 17.0. The first-order chi connectivity index (χ1) is 15.3. The third-order valence-electron chi connectivity index (χ3n) is 6.05. The zero-order chi connectivity index (χ0) is 22.7. The molecule has 32 heavy (non-hydrogen) atoms. The minimum Gasteiger partial charge on any atom is -0.454 e. The Morgan fingerprint density at radius 2 is 1.69 bits per heavy atom. The molecule has 1 aliphatic heterocycles. The van der Waals surface area contributed by atoms with Crippen molar-refractivity contribution in [3.63, 3.8) is 0 Å². The molecule has 0 spiro atoms. The van der Waals surface area contributed by atoms with E-state index >= 15 is 0 Å². The molecular formula is C23H20FNO7. The van der Waals surface area contributed by atoms with Gasteiger partial charge in [-0.15, -0.1) is 0 Å². The Hall–Kier alpha value is -3.27. The molecule has 2 aliphatic rings. The SMILES string of the molecule is CC[C@@H](O)[C@H](O)[C@@H](O)Cn1c2c(c3ccc(F)cc3c1=O)C(=O)c1cc3c(cc1-2)OCO3. The van der Waals surface area contributed by atoms with Crippen molar-refractivity contribution < 1.29 is 34.0 Å². The molecule has 5 rings (SSSR count). The highest BCUT2D eigenvalue weighted by molar-refractivity contribution is 6.27. The standard InChI is InChI=1S/C23H20FNO7/c1-2-15(26)22(29)16(27)8-25-20-12-6-17-18(32-9-31-17)7-13(12)21(28)19(20)11-4-3-10(24)5-14(11)23(25)30/h3-7,15-16,22,26-27,29H,2,8-9H2,1H3/t15-,16+,22+/m1/s1. The maximum absolute atomic E-state index is 14.0. The van der Waals surface area contributed by atoms with E-state index in [2.05, 4.69) is 0 Å². The molecule has 2 heterocycles. The molecule has 9 heteroatoms. The number of rotatable bonds is 5. The number of aromatic nitrogens is 1. The average molecular weight is 441 g/mol. The van der Waals surface area contributed by atoms with E-state index in [9.17, 15) is 29.3 Å². The van der Waals surface area contributed by atoms with Gasteiger partial charge in [-0.1, -0.05) is 13.0 Å². The fraction of sp³-hybridized carbons (Fsp3) is 0.304. The van der Waals surface area contributed by atoms with Crippen LogP contribution in [0.5, 0.6) is 11.5 Å². The van der Waals surface area contributed by atoms with Crippen molar-refractivity contribution in [3.8, 4) is 22.8 Å². The van der Waals surface area contributed by atoms with Gasteiger partial charge < -0.3 is 29.4 Å². The third kappa shape index (κ3) is 2.93. The lowest BCUT2D eigenvalue weighted by Gasteiger charge is -2.24. The number of carbonyl (C=O) groups excluding carboxylic acids is 1. The zero-order valence-electron chi connectivity index (χ0n) is 17.0. The van der Waals surface area contributed by atoms with Crippen molar-refractivity contribution in [3.05, 3.63) is 57.6 Å². The second-order valence-electron chi connectivity index (χ2n) is 7.94. The molecule has 1 aromatic heterocycles. The van der Waals surface area contributed by atoms with Crippen molar-refractivity contribution >= 4 is 16.6 Å². The van der Waals surface area contributed by atoms with Crippen molar-refractivity contribution in [2.75, 3.05) is 6.79 Å². The second kappa shape index (κ2) is 7.40. The first-order valence-corrected chi connectivity index (χ1v) is 10.2. The Kier molecular flexibility index (Phi) is 4.77. The lowest BCUT2D eigenvalue weighted by Crippen LogP contribution is -2.41. The van der Waals surface area contributed by atoms with Gasteiger partial charge in [0.05, 0.1) is 29.3 Å². The predicted molar refractivity (Wildman–Crippen MR) is 111 cm³/mol. The molecule has 1 aliphatic carbocycles. The average Bonchev–Trinajstić information content (AvgIpc) is 3.36. The number of aliphatic hydroxyl groups excluding tert-OH is 3. The summed E-state index contributed by atoms with van der Waals surface area (Å²) in [6.45, 7) is 1.23. The largest absolute Gasteiger partial charge is 0.454 e. The van der Waals surface area contributed by atoms with Crippen LogP contribution in [0.4, 0.5) is 4.39 Å². The Balaban J connectivity index is 1.78. The van der Waals surface area contributed by atoms with Crippen LogP contribution in [0, 0.1) is 5.82 Å². The number of halogens is 1. The van der Waals surface area contributed by atoms with Crippen molar-refractivity contribution in [2.45, 2.75) is 38.2 Å². The highest BCUT2D eigenvalue weighted by Crippen LogP contribution is 2.45. The van der Waals surface area contributed by atoms with E-state index in [1.807, 2.05) is 0 Å². The van der Waals surface area contributed by atoms with E-state index in [-0.39, 0.29) is 46.6 Å². The molecule has 0 saturated heterocycles. The fourth-order valence-electron chi connectivity index (χ4n) is 4.36. The topological polar surface area (TPSA) is 118 Å². The first-order valence-electron chi connectivity index (χ1n) is 10.2. The van der Waals surface area contributed by atoms with Gasteiger partial charge in [0.1, 0.15) is 18.0 Å². The molecule has 3 aromatic rings. The number of aliphatic hydroxyl groups is 3. The number of fused-ring (bicyclic) bond motifs is 6. The van der Waals surface area contributed by atoms with Gasteiger partial charge in [0.15, 0.2) is 17.3 Å². The van der Waals surface area contributed by atoms with E-state index in [1.54, 1.807) is 13.0 Å². The monoisotopic (exact) mass is 441 g/mol. The molecule has 0 fully saturated rings. The number of pyridine rings is 1. The van der Waals surface area contributed by atoms with Crippen LogP contribution in [0.3, 0.4) is 0 Å². The number of hydrogen-bond acceptors (Lipinski definition) is 7. The molecule has 0 bridgehead atoms. The Bertz CT molecular complexity index is 1330. The van der Waals surface area contributed by atoms with E-state index in [0.29, 0.717) is 17.1 Å². The number of nitrogens with zero attached hydrogens (tertiary/aromatic N) is 1. The molecule has 3 N–H and O–H groups in total. The van der Waals surface area contributed by atoms with Crippen LogP contribution in [-0.2, 0) is 6.54 Å². The summed E-state index contributed by atoms with van der Waals surface area (Å²) in [6, 6.07) is 6.73. The fourth-order valence-corrected chi connectivity index (χ4v) is 4.36. The minimum absolute atomic E-state index is 0.00287. The highest BCUT2D eigenvalue weighted by Gasteiger charge is 2.36. The lowest BCUT2D eigenvalue weighted by atomic mass is 10.0. The molecule has 0 amide bonds. The van der Waals surface area contributed by atoms with Gasteiger partial charge in [0.2, 0.25) is 6.79 Å². The number of ketones is 1. The van der Waals surface area contributed by atoms with Crippen LogP contribution in [0.2, 0.25) is 0 Å². The number of benzene rings is 2. The molecule has 8 nitrogen and oxygen atoms in total. The van der Waals surface area contributed by atoms with Gasteiger partial charge in [-0.05, 0) is 30.7 Å². The number of carbonyl (C=O) groups is 1. The van der Waals surface area contributed by atoms with E-state index in [1.165, 1.54) is 18.2 Å². The molecule has 0 saturated carbocycles. The Morgan fingerprint density at radius 1 is 1.00 bits per heavy atom. The van der Waals surface area contributed by atoms with Crippen molar-refractivity contribution in [2.24, 2.45) is 0 Å². The van der Waals surface area contributed by atoms with Crippen LogP contribution in [-0.4, -0.2) is 50.8 Å². The predicted octanol–water partition coefficient (Wildman–Crippen LogP) is 1.57. The lowest BCUT2D eigenvalue weighted by molar-refractivity contribution is -0.0653. The first kappa shape index (κ1) is 20.6. The van der Waals surface area contributed by atoms with Crippen molar-refractivity contribution in [1.82, 2.24) is 4.57 Å². The summed E-state index contributed by atoms with van der Waals surface area (Å²) in [6.07, 6.45) is -4.03. The minimum atomic E-state index is -1.51. The van der Waals surface area contributed by atoms with Crippen LogP contribution in [0.25, 0.3) is 22.0 Å². The van der Waals surface area contributed by atoms with E-state index in [0.717, 1.165) is 10.6 Å². The summed E-state index contributed by atoms with van der Waals surface area (Å²) in [4.78, 5) is 26.7. The Labute approximate surface area is 181 Å². The molecule has 2 aromatic carbocycles. The smallest absolute Gasteiger partial charge is 0.259 e. The molecule has 3 atom stereocenters. The number of ether oxygens (including phenoxy) is 2. The summed E-state index contributed by atoms with van der Waals surface area (Å²) < 4.78 is 25.9. The second-order valence-corrected chi connectivity index (χ2v) is 7.94. The van der Waals surface area contributed by atoms with Gasteiger partial charge in [-0.3, -0.25) is 9.59 Å². The number of hydrogen-bond donors (Lipinski definition) is 3. The Morgan fingerprint density at radius 3 is 2.38 bits per heavy atom. The van der Waals surface area contributed by atoms with Crippen LogP contribution < -0.4 is 15.0 Å². The molecular weight excluding hydrogens is 421 g/mol. The highest BCUT2D eigenvalue weighted by atomic mass is 19.1. The van der Waals surface area contributed by atoms with Gasteiger partial charge in [-0.25, -0.2) is 4.39 Å². The summed E-state index contributed by atoms with van der Waals surface area (Å²) >= 11 is 0. The molecule has 0 unspecified atom stereocenters. The van der Waals surface area contributed by atoms with Gasteiger partial charge in [-0.2, -0.15) is 0 Å². The van der Waals surface area contributed by atoms with Crippen molar-refractivity contribution in [1.29, 1.82) is 0 Å². The quantitative estimate of drug-likeness (QED) is 0.430. The maximum Gasteiger partial charge on any atom is 0.259 e. The normalized spacial score (nSPS) is 16.7. The summed E-state index contributed by atoms with van der Waals surface area (Å²) in [5, 5.41) is 31.0. The maximum atomic E-state index is 14.0. The van der Waals surface area contributed by atoms with Gasteiger partial charge in [0, 0.05) is 16.5 Å². The van der Waals surface area contributed by atoms with Gasteiger partial charge in [0.25, 0.3) is 5.56 Å². The summed E-state index contributed by atoms with van der Waals surface area (Å²) in [7, 11) is 0. The van der Waals surface area contributed by atoms with E-state index in [4.69, 9.17) is 9.47 Å². The summed E-state index contributed by atoms with van der Waals surface area (Å²) in [5.74, 6) is -0.214.